The molecule has 102 valence electrons. The molecule has 0 aliphatic heterocycles. The summed E-state index contributed by atoms with van der Waals surface area (Å²) >= 11 is 7.70. The van der Waals surface area contributed by atoms with Crippen LogP contribution in [0.1, 0.15) is 18.7 Å². The van der Waals surface area contributed by atoms with Crippen LogP contribution in [0, 0.1) is 0 Å². The highest BCUT2D eigenvalue weighted by Crippen LogP contribution is 2.24. The number of anilines is 2. The van der Waals surface area contributed by atoms with Gasteiger partial charge < -0.3 is 10.2 Å². The van der Waals surface area contributed by atoms with E-state index in [0.717, 1.165) is 23.9 Å². The van der Waals surface area contributed by atoms with Gasteiger partial charge in [0.1, 0.15) is 0 Å². The number of nitrogens with one attached hydrogen (secondary N) is 1. The van der Waals surface area contributed by atoms with Gasteiger partial charge in [-0.15, -0.1) is 11.3 Å². The van der Waals surface area contributed by atoms with E-state index < -0.39 is 0 Å². The predicted octanol–water partition coefficient (Wildman–Crippen LogP) is 3.65. The van der Waals surface area contributed by atoms with Gasteiger partial charge in [-0.05, 0) is 26.0 Å². The minimum Gasteiger partial charge on any atom is -0.378 e. The van der Waals surface area contributed by atoms with Crippen molar-refractivity contribution in [2.45, 2.75) is 20.4 Å². The van der Waals surface area contributed by atoms with Gasteiger partial charge in [0.15, 0.2) is 10.3 Å². The van der Waals surface area contributed by atoms with Gasteiger partial charge in [-0.25, -0.2) is 9.97 Å². The summed E-state index contributed by atoms with van der Waals surface area (Å²) in [6.07, 6.45) is 3.59. The molecule has 2 aromatic heterocycles. The van der Waals surface area contributed by atoms with E-state index in [1.165, 1.54) is 4.88 Å². The summed E-state index contributed by atoms with van der Waals surface area (Å²) < 4.78 is 0. The number of aromatic nitrogens is 2. The summed E-state index contributed by atoms with van der Waals surface area (Å²) in [7, 11) is 0. The maximum Gasteiger partial charge on any atom is 0.185 e. The Morgan fingerprint density at radius 1 is 1.32 bits per heavy atom. The molecule has 0 radical (unpaired) electrons. The van der Waals surface area contributed by atoms with E-state index in [1.807, 2.05) is 18.3 Å². The molecule has 0 amide bonds. The van der Waals surface area contributed by atoms with Crippen molar-refractivity contribution in [3.63, 3.8) is 0 Å². The summed E-state index contributed by atoms with van der Waals surface area (Å²) in [6.45, 7) is 6.94. The zero-order valence-electron chi connectivity index (χ0n) is 11.1. The molecule has 0 fully saturated rings. The van der Waals surface area contributed by atoms with Gasteiger partial charge in [0.25, 0.3) is 0 Å². The Labute approximate surface area is 122 Å². The molecular weight excluding hydrogens is 280 g/mol. The fourth-order valence-electron chi connectivity index (χ4n) is 1.72. The lowest BCUT2D eigenvalue weighted by Gasteiger charge is -2.16. The molecule has 0 bridgehead atoms. The Hall–Kier alpha value is -1.33. The second-order valence-corrected chi connectivity index (χ2v) is 5.43. The summed E-state index contributed by atoms with van der Waals surface area (Å²) in [4.78, 5) is 11.9. The molecule has 1 N–H and O–H groups in total. The van der Waals surface area contributed by atoms with Crippen molar-refractivity contribution < 1.29 is 0 Å². The highest BCUT2D eigenvalue weighted by molar-refractivity contribution is 7.15. The van der Waals surface area contributed by atoms with Crippen LogP contribution in [0.4, 0.5) is 10.8 Å². The molecule has 2 heterocycles. The zero-order chi connectivity index (χ0) is 13.7. The van der Waals surface area contributed by atoms with Crippen LogP contribution >= 0.6 is 22.9 Å². The Kier molecular flexibility index (Phi) is 4.99. The lowest BCUT2D eigenvalue weighted by molar-refractivity contribution is 0.860. The third kappa shape index (κ3) is 3.58. The largest absolute Gasteiger partial charge is 0.378 e. The van der Waals surface area contributed by atoms with Gasteiger partial charge in [0.2, 0.25) is 0 Å². The van der Waals surface area contributed by atoms with E-state index in [1.54, 1.807) is 17.5 Å². The molecule has 2 rings (SSSR count). The molecule has 0 aliphatic rings. The third-order valence-electron chi connectivity index (χ3n) is 2.79. The maximum atomic E-state index is 6.00. The molecule has 0 spiro atoms. The number of thiazole rings is 1. The van der Waals surface area contributed by atoms with Gasteiger partial charge in [-0.1, -0.05) is 11.6 Å². The van der Waals surface area contributed by atoms with E-state index >= 15 is 0 Å². The summed E-state index contributed by atoms with van der Waals surface area (Å²) in [6, 6.07) is 3.78. The van der Waals surface area contributed by atoms with E-state index in [0.29, 0.717) is 11.7 Å². The van der Waals surface area contributed by atoms with Crippen LogP contribution < -0.4 is 10.2 Å². The topological polar surface area (TPSA) is 41.1 Å². The molecule has 0 saturated carbocycles. The van der Waals surface area contributed by atoms with Crippen molar-refractivity contribution in [1.82, 2.24) is 9.97 Å². The van der Waals surface area contributed by atoms with Crippen LogP contribution in [0.25, 0.3) is 0 Å². The van der Waals surface area contributed by atoms with Gasteiger partial charge in [0.05, 0.1) is 12.2 Å². The van der Waals surface area contributed by atoms with Crippen molar-refractivity contribution >= 4 is 33.8 Å². The Morgan fingerprint density at radius 3 is 2.79 bits per heavy atom. The lowest BCUT2D eigenvalue weighted by atomic mass is 10.4. The van der Waals surface area contributed by atoms with E-state index in [-0.39, 0.29) is 0 Å². The quantitative estimate of drug-likeness (QED) is 0.826. The summed E-state index contributed by atoms with van der Waals surface area (Å²) in [5.74, 6) is 0. The highest BCUT2D eigenvalue weighted by Gasteiger charge is 2.08. The van der Waals surface area contributed by atoms with Crippen LogP contribution in [-0.2, 0) is 6.54 Å². The van der Waals surface area contributed by atoms with E-state index in [2.05, 4.69) is 34.0 Å². The first-order valence-corrected chi connectivity index (χ1v) is 7.48. The van der Waals surface area contributed by atoms with Gasteiger partial charge >= 0.3 is 0 Å². The number of halogens is 1. The first kappa shape index (κ1) is 14.1. The first-order chi connectivity index (χ1) is 9.24. The molecule has 0 aromatic carbocycles. The first-order valence-electron chi connectivity index (χ1n) is 6.28. The number of rotatable bonds is 6. The monoisotopic (exact) mass is 296 g/mol. The summed E-state index contributed by atoms with van der Waals surface area (Å²) in [5, 5.41) is 4.84. The molecule has 0 aliphatic carbocycles. The molecule has 0 saturated heterocycles. The van der Waals surface area contributed by atoms with Crippen molar-refractivity contribution in [2.24, 2.45) is 0 Å². The lowest BCUT2D eigenvalue weighted by Crippen LogP contribution is -2.21. The second kappa shape index (κ2) is 6.73. The third-order valence-corrected chi connectivity index (χ3v) is 4.15. The van der Waals surface area contributed by atoms with Crippen molar-refractivity contribution in [3.05, 3.63) is 34.6 Å². The number of pyridine rings is 1. The molecule has 0 atom stereocenters. The van der Waals surface area contributed by atoms with E-state index in [4.69, 9.17) is 11.6 Å². The second-order valence-electron chi connectivity index (χ2n) is 3.98. The maximum absolute atomic E-state index is 6.00. The van der Waals surface area contributed by atoms with Gasteiger partial charge in [-0.3, -0.25) is 0 Å². The Morgan fingerprint density at radius 2 is 2.11 bits per heavy atom. The number of hydrogen-bond donors (Lipinski definition) is 1. The van der Waals surface area contributed by atoms with Crippen molar-refractivity contribution in [3.8, 4) is 0 Å². The average molecular weight is 297 g/mol. The SMILES string of the molecule is CCN(CC)c1ncc(CNc2cccnc2Cl)s1. The van der Waals surface area contributed by atoms with Gasteiger partial charge in [-0.2, -0.15) is 0 Å². The summed E-state index contributed by atoms with van der Waals surface area (Å²) in [5.41, 5.74) is 0.849. The predicted molar refractivity (Wildman–Crippen MR) is 82.2 cm³/mol. The van der Waals surface area contributed by atoms with Crippen molar-refractivity contribution in [2.75, 3.05) is 23.3 Å². The zero-order valence-corrected chi connectivity index (χ0v) is 12.6. The molecule has 4 nitrogen and oxygen atoms in total. The number of nitrogens with zero attached hydrogens (tertiary/aromatic N) is 3. The molecule has 2 aromatic rings. The highest BCUT2D eigenvalue weighted by atomic mass is 35.5. The van der Waals surface area contributed by atoms with Crippen LogP contribution in [0.15, 0.2) is 24.5 Å². The average Bonchev–Trinajstić information content (AvgIpc) is 2.88. The van der Waals surface area contributed by atoms with Crippen molar-refractivity contribution in [1.29, 1.82) is 0 Å². The van der Waals surface area contributed by atoms with Crippen LogP contribution in [0.3, 0.4) is 0 Å². The minimum atomic E-state index is 0.496. The Bertz CT molecular complexity index is 525. The van der Waals surface area contributed by atoms with Gasteiger partial charge in [0, 0.05) is 30.4 Å². The molecular formula is C13H17ClN4S. The van der Waals surface area contributed by atoms with E-state index in [9.17, 15) is 0 Å². The fraction of sp³-hybridized carbons (Fsp3) is 0.385. The standard InChI is InChI=1S/C13H17ClN4S/c1-3-18(4-2)13-17-9-10(19-13)8-16-11-6-5-7-15-12(11)14/h5-7,9,16H,3-4,8H2,1-2H3. The Balaban J connectivity index is 1.99. The molecule has 6 heteroatoms. The minimum absolute atomic E-state index is 0.496. The smallest absolute Gasteiger partial charge is 0.185 e. The van der Waals surface area contributed by atoms with Crippen LogP contribution in [0.5, 0.6) is 0 Å². The normalized spacial score (nSPS) is 10.5. The van der Waals surface area contributed by atoms with Crippen LogP contribution in [-0.4, -0.2) is 23.1 Å². The molecule has 0 unspecified atom stereocenters. The number of hydrogen-bond acceptors (Lipinski definition) is 5. The molecule has 19 heavy (non-hydrogen) atoms. The van der Waals surface area contributed by atoms with Crippen LogP contribution in [0.2, 0.25) is 5.15 Å². The fourth-order valence-corrected chi connectivity index (χ4v) is 2.88.